The molecule has 2 aliphatic rings. The molecule has 3 aromatic carbocycles. The molecule has 0 saturated carbocycles. The topological polar surface area (TPSA) is 45.2 Å². The van der Waals surface area contributed by atoms with Crippen LogP contribution in [0.25, 0.3) is 0 Å². The summed E-state index contributed by atoms with van der Waals surface area (Å²) in [4.78, 5) is 4.63. The van der Waals surface area contributed by atoms with Crippen LogP contribution in [-0.4, -0.2) is 50.4 Å². The zero-order chi connectivity index (χ0) is 27.9. The molecule has 1 N–H and O–H groups in total. The highest BCUT2D eigenvalue weighted by Crippen LogP contribution is 2.40. The van der Waals surface area contributed by atoms with Gasteiger partial charge in [-0.3, -0.25) is 4.90 Å². The van der Waals surface area contributed by atoms with E-state index in [9.17, 15) is 5.11 Å². The summed E-state index contributed by atoms with van der Waals surface area (Å²) < 4.78 is 26.5. The van der Waals surface area contributed by atoms with Crippen LogP contribution in [0.2, 0.25) is 0 Å². The van der Waals surface area contributed by atoms with Gasteiger partial charge in [0.05, 0.1) is 7.11 Å². The molecule has 40 heavy (non-hydrogen) atoms. The molecule has 1 unspecified atom stereocenters. The lowest BCUT2D eigenvalue weighted by molar-refractivity contribution is 0.192. The van der Waals surface area contributed by atoms with Gasteiger partial charge in [0.2, 0.25) is 0 Å². The third kappa shape index (κ3) is 7.08. The molecule has 6 heteroatoms. The molecular formula is C34H43FN2O3. The lowest BCUT2D eigenvalue weighted by Gasteiger charge is -2.30. The fraction of sp³-hybridized carbons (Fsp3) is 0.471. The SMILES string of the molecule is COc1ccc(C2CCc3cc(O)ccc3C2)c(N(C)Cc2ccc(OCCN3CCCCCCC3)c(F)c2)c1. The molecule has 1 atom stereocenters. The Hall–Kier alpha value is -3.25. The smallest absolute Gasteiger partial charge is 0.165 e. The van der Waals surface area contributed by atoms with Gasteiger partial charge in [-0.15, -0.1) is 0 Å². The van der Waals surface area contributed by atoms with Crippen molar-refractivity contribution in [2.75, 3.05) is 45.3 Å². The van der Waals surface area contributed by atoms with Crippen LogP contribution in [0.15, 0.2) is 54.6 Å². The highest BCUT2D eigenvalue weighted by molar-refractivity contribution is 5.59. The number of phenolic OH excluding ortho intramolecular Hbond substituents is 1. The number of hydrogen-bond acceptors (Lipinski definition) is 5. The molecule has 0 amide bonds. The third-order valence-corrected chi connectivity index (χ3v) is 8.54. The highest BCUT2D eigenvalue weighted by atomic mass is 19.1. The average molecular weight is 547 g/mol. The maximum atomic E-state index is 15.1. The van der Waals surface area contributed by atoms with Gasteiger partial charge < -0.3 is 19.5 Å². The van der Waals surface area contributed by atoms with E-state index in [1.807, 2.05) is 24.3 Å². The number of ether oxygens (including phenoxy) is 2. The number of aryl methyl sites for hydroxylation is 1. The Kier molecular flexibility index (Phi) is 9.48. The second-order valence-corrected chi connectivity index (χ2v) is 11.4. The Morgan fingerprint density at radius 3 is 2.52 bits per heavy atom. The van der Waals surface area contributed by atoms with Gasteiger partial charge in [-0.2, -0.15) is 0 Å². The first kappa shape index (κ1) is 28.3. The molecule has 5 nitrogen and oxygen atoms in total. The molecule has 1 saturated heterocycles. The van der Waals surface area contributed by atoms with Crippen molar-refractivity contribution >= 4 is 5.69 Å². The quantitative estimate of drug-likeness (QED) is 0.310. The summed E-state index contributed by atoms with van der Waals surface area (Å²) >= 11 is 0. The number of hydrogen-bond donors (Lipinski definition) is 1. The monoisotopic (exact) mass is 546 g/mol. The number of anilines is 1. The van der Waals surface area contributed by atoms with Crippen molar-refractivity contribution in [3.05, 3.63) is 82.7 Å². The van der Waals surface area contributed by atoms with E-state index in [0.717, 1.165) is 55.9 Å². The van der Waals surface area contributed by atoms with Crippen LogP contribution >= 0.6 is 0 Å². The first-order valence-corrected chi connectivity index (χ1v) is 14.8. The molecule has 3 aromatic rings. The van der Waals surface area contributed by atoms with E-state index in [4.69, 9.17) is 9.47 Å². The van der Waals surface area contributed by atoms with E-state index >= 15 is 4.39 Å². The summed E-state index contributed by atoms with van der Waals surface area (Å²) in [6, 6.07) is 17.3. The lowest BCUT2D eigenvalue weighted by atomic mass is 9.79. The predicted octanol–water partition coefficient (Wildman–Crippen LogP) is 7.09. The molecule has 1 aliphatic carbocycles. The summed E-state index contributed by atoms with van der Waals surface area (Å²) in [5.41, 5.74) is 5.79. The summed E-state index contributed by atoms with van der Waals surface area (Å²) in [5.74, 6) is 1.52. The summed E-state index contributed by atoms with van der Waals surface area (Å²) in [7, 11) is 3.74. The molecular weight excluding hydrogens is 503 g/mol. The van der Waals surface area contributed by atoms with Crippen LogP contribution in [0.1, 0.15) is 66.7 Å². The van der Waals surface area contributed by atoms with Crippen molar-refractivity contribution in [3.63, 3.8) is 0 Å². The first-order valence-electron chi connectivity index (χ1n) is 14.8. The van der Waals surface area contributed by atoms with Gasteiger partial charge in [0.25, 0.3) is 0 Å². The number of benzene rings is 3. The maximum Gasteiger partial charge on any atom is 0.165 e. The average Bonchev–Trinajstić information content (AvgIpc) is 2.94. The van der Waals surface area contributed by atoms with Gasteiger partial charge in [0.15, 0.2) is 11.6 Å². The Labute approximate surface area is 238 Å². The minimum absolute atomic E-state index is 0.309. The van der Waals surface area contributed by atoms with Crippen LogP contribution in [0.5, 0.6) is 17.2 Å². The van der Waals surface area contributed by atoms with E-state index < -0.39 is 0 Å². The van der Waals surface area contributed by atoms with Crippen LogP contribution in [-0.2, 0) is 19.4 Å². The minimum Gasteiger partial charge on any atom is -0.508 e. The van der Waals surface area contributed by atoms with Crippen LogP contribution in [0, 0.1) is 5.82 Å². The van der Waals surface area contributed by atoms with Crippen LogP contribution in [0.4, 0.5) is 10.1 Å². The molecule has 1 heterocycles. The lowest BCUT2D eigenvalue weighted by Crippen LogP contribution is -2.31. The second kappa shape index (κ2) is 13.4. The van der Waals surface area contributed by atoms with E-state index in [1.54, 1.807) is 25.3 Å². The van der Waals surface area contributed by atoms with E-state index in [2.05, 4.69) is 29.0 Å². The molecule has 0 radical (unpaired) electrons. The number of likely N-dealkylation sites (tertiary alicyclic amines) is 1. The second-order valence-electron chi connectivity index (χ2n) is 11.4. The van der Waals surface area contributed by atoms with Gasteiger partial charge >= 0.3 is 0 Å². The third-order valence-electron chi connectivity index (χ3n) is 8.54. The Bertz CT molecular complexity index is 1270. The molecule has 1 aliphatic heterocycles. The normalized spacial score (nSPS) is 17.9. The van der Waals surface area contributed by atoms with Crippen molar-refractivity contribution in [2.24, 2.45) is 0 Å². The van der Waals surface area contributed by atoms with Gasteiger partial charge in [-0.25, -0.2) is 4.39 Å². The molecule has 0 spiro atoms. The zero-order valence-corrected chi connectivity index (χ0v) is 24.0. The Morgan fingerprint density at radius 1 is 0.950 bits per heavy atom. The minimum atomic E-state index is -0.309. The fourth-order valence-corrected chi connectivity index (χ4v) is 6.27. The Balaban J connectivity index is 1.24. The van der Waals surface area contributed by atoms with Crippen LogP contribution < -0.4 is 14.4 Å². The number of fused-ring (bicyclic) bond motifs is 1. The number of nitrogens with zero attached hydrogens (tertiary/aromatic N) is 2. The molecule has 5 rings (SSSR count). The fourth-order valence-electron chi connectivity index (χ4n) is 6.27. The largest absolute Gasteiger partial charge is 0.508 e. The van der Waals surface area contributed by atoms with Crippen molar-refractivity contribution in [1.82, 2.24) is 4.90 Å². The maximum absolute atomic E-state index is 15.1. The van der Waals surface area contributed by atoms with Crippen molar-refractivity contribution in [1.29, 1.82) is 0 Å². The number of halogens is 1. The van der Waals surface area contributed by atoms with Gasteiger partial charge in [-0.1, -0.05) is 37.5 Å². The summed E-state index contributed by atoms with van der Waals surface area (Å²) in [6.45, 7) is 4.14. The standard InChI is InChI=1S/C34H43FN2O3/c1-36(24-25-8-15-34(32(35)20-25)40-19-18-37-16-6-4-3-5-7-17-37)33-23-30(39-2)13-14-31(33)28-10-9-27-22-29(38)12-11-26(27)21-28/h8,11-15,20,22-23,28,38H,3-7,9-10,16-19,21,24H2,1-2H3. The van der Waals surface area contributed by atoms with Crippen molar-refractivity contribution in [3.8, 4) is 17.2 Å². The summed E-state index contributed by atoms with van der Waals surface area (Å²) in [5, 5.41) is 9.88. The molecule has 214 valence electrons. The Morgan fingerprint density at radius 2 is 1.75 bits per heavy atom. The van der Waals surface area contributed by atoms with Gasteiger partial charge in [0.1, 0.15) is 18.1 Å². The number of phenols is 1. The van der Waals surface area contributed by atoms with Crippen molar-refractivity contribution in [2.45, 2.75) is 63.8 Å². The molecule has 1 fully saturated rings. The number of rotatable bonds is 9. The van der Waals surface area contributed by atoms with E-state index in [1.165, 1.54) is 48.8 Å². The first-order chi connectivity index (χ1) is 19.5. The van der Waals surface area contributed by atoms with E-state index in [0.29, 0.717) is 30.6 Å². The van der Waals surface area contributed by atoms with E-state index in [-0.39, 0.29) is 5.82 Å². The molecule has 0 bridgehead atoms. The zero-order valence-electron chi connectivity index (χ0n) is 24.0. The summed E-state index contributed by atoms with van der Waals surface area (Å²) in [6.07, 6.45) is 9.32. The van der Waals surface area contributed by atoms with Gasteiger partial charge in [0, 0.05) is 31.9 Å². The van der Waals surface area contributed by atoms with Crippen molar-refractivity contribution < 1.29 is 19.0 Å². The molecule has 0 aromatic heterocycles. The van der Waals surface area contributed by atoms with Crippen LogP contribution in [0.3, 0.4) is 0 Å². The predicted molar refractivity (Wildman–Crippen MR) is 159 cm³/mol. The number of methoxy groups -OCH3 is 1. The van der Waals surface area contributed by atoms with Gasteiger partial charge in [-0.05, 0) is 104 Å². The number of aromatic hydroxyl groups is 1. The highest BCUT2D eigenvalue weighted by Gasteiger charge is 2.24.